The van der Waals surface area contributed by atoms with Gasteiger partial charge < -0.3 is 4.98 Å². The molecule has 1 fully saturated rings. The summed E-state index contributed by atoms with van der Waals surface area (Å²) >= 11 is 0. The van der Waals surface area contributed by atoms with Crippen molar-refractivity contribution in [2.45, 2.75) is 25.8 Å². The molecule has 0 saturated carbocycles. The third kappa shape index (κ3) is 3.33. The summed E-state index contributed by atoms with van der Waals surface area (Å²) in [6.45, 7) is 3.01. The summed E-state index contributed by atoms with van der Waals surface area (Å²) in [5.41, 5.74) is 4.65. The number of benzene rings is 1. The first-order chi connectivity index (χ1) is 15.8. The molecule has 8 heteroatoms. The molecule has 5 aromatic rings. The van der Waals surface area contributed by atoms with Crippen LogP contribution in [0.25, 0.3) is 44.7 Å². The lowest BCUT2D eigenvalue weighted by Gasteiger charge is -2.26. The summed E-state index contributed by atoms with van der Waals surface area (Å²) in [7, 11) is 0. The molecule has 0 bridgehead atoms. The third-order valence-corrected chi connectivity index (χ3v) is 6.08. The van der Waals surface area contributed by atoms with E-state index >= 15 is 4.39 Å². The molecule has 6 rings (SSSR count). The van der Waals surface area contributed by atoms with Gasteiger partial charge in [-0.15, -0.1) is 0 Å². The van der Waals surface area contributed by atoms with Crippen LogP contribution in [0.2, 0.25) is 0 Å². The number of halogens is 1. The maximum absolute atomic E-state index is 15.8. The first-order valence-corrected chi connectivity index (χ1v) is 10.9. The second-order valence-corrected chi connectivity index (χ2v) is 8.30. The van der Waals surface area contributed by atoms with Gasteiger partial charge in [-0.1, -0.05) is 18.6 Å². The Balaban J connectivity index is 1.41. The first kappa shape index (κ1) is 19.1. The van der Waals surface area contributed by atoms with Crippen LogP contribution in [0.1, 0.15) is 24.8 Å². The van der Waals surface area contributed by atoms with Crippen LogP contribution in [-0.4, -0.2) is 48.1 Å². The van der Waals surface area contributed by atoms with Crippen LogP contribution in [0, 0.1) is 5.82 Å². The van der Waals surface area contributed by atoms with Gasteiger partial charge in [-0.05, 0) is 49.7 Å². The molecule has 0 amide bonds. The van der Waals surface area contributed by atoms with Crippen LogP contribution < -0.4 is 0 Å². The van der Waals surface area contributed by atoms with Gasteiger partial charge in [0, 0.05) is 24.5 Å². The number of likely N-dealkylation sites (tertiary alicyclic amines) is 1. The molecule has 0 atom stereocenters. The van der Waals surface area contributed by atoms with Crippen LogP contribution in [-0.2, 0) is 6.54 Å². The number of para-hydroxylation sites is 2. The van der Waals surface area contributed by atoms with Crippen molar-refractivity contribution in [1.29, 1.82) is 0 Å². The van der Waals surface area contributed by atoms with Gasteiger partial charge in [0.05, 0.1) is 28.1 Å². The molecule has 0 unspecified atom stereocenters. The van der Waals surface area contributed by atoms with Crippen molar-refractivity contribution in [2.24, 2.45) is 0 Å². The number of imidazole rings is 1. The highest BCUT2D eigenvalue weighted by atomic mass is 19.1. The molecule has 1 aliphatic rings. The van der Waals surface area contributed by atoms with Crippen LogP contribution >= 0.6 is 0 Å². The molecule has 1 aromatic carbocycles. The Morgan fingerprint density at radius 3 is 2.72 bits per heavy atom. The standard InChI is InChI=1S/C24H22FN7/c25-21-20-19(30-31-23(20)24-28-17-6-2-3-7-18(17)29-24)13-27-22(21)16-10-15(11-26-12-16)14-32-8-4-1-5-9-32/h2-3,6-7,10-13H,1,4-5,8-9,14H2,(H,28,29)(H,30,31). The summed E-state index contributed by atoms with van der Waals surface area (Å²) in [5, 5.41) is 7.58. The summed E-state index contributed by atoms with van der Waals surface area (Å²) < 4.78 is 15.8. The first-order valence-electron chi connectivity index (χ1n) is 10.9. The normalized spacial score (nSPS) is 15.0. The van der Waals surface area contributed by atoms with Gasteiger partial charge in [-0.25, -0.2) is 9.37 Å². The lowest BCUT2D eigenvalue weighted by molar-refractivity contribution is 0.220. The number of nitrogens with one attached hydrogen (secondary N) is 2. The number of pyridine rings is 2. The topological polar surface area (TPSA) is 86.4 Å². The smallest absolute Gasteiger partial charge is 0.161 e. The van der Waals surface area contributed by atoms with Gasteiger partial charge in [-0.3, -0.25) is 20.0 Å². The average molecular weight is 427 g/mol. The van der Waals surface area contributed by atoms with E-state index in [-0.39, 0.29) is 5.69 Å². The van der Waals surface area contributed by atoms with E-state index in [1.165, 1.54) is 19.3 Å². The molecule has 1 saturated heterocycles. The molecule has 7 nitrogen and oxygen atoms in total. The zero-order valence-electron chi connectivity index (χ0n) is 17.5. The Morgan fingerprint density at radius 2 is 1.84 bits per heavy atom. The van der Waals surface area contributed by atoms with Crippen molar-refractivity contribution in [1.82, 2.24) is 35.0 Å². The minimum atomic E-state index is -0.427. The Morgan fingerprint density at radius 1 is 0.969 bits per heavy atom. The number of piperidine rings is 1. The molecule has 5 heterocycles. The zero-order chi connectivity index (χ0) is 21.5. The number of aromatic amines is 2. The Labute approximate surface area is 183 Å². The minimum Gasteiger partial charge on any atom is -0.337 e. The average Bonchev–Trinajstić information content (AvgIpc) is 3.45. The highest BCUT2D eigenvalue weighted by Crippen LogP contribution is 2.32. The lowest BCUT2D eigenvalue weighted by Crippen LogP contribution is -2.29. The predicted octanol–water partition coefficient (Wildman–Crippen LogP) is 4.69. The molecule has 2 N–H and O–H groups in total. The van der Waals surface area contributed by atoms with Crippen LogP contribution in [0.3, 0.4) is 0 Å². The number of hydrogen-bond acceptors (Lipinski definition) is 5. The summed E-state index contributed by atoms with van der Waals surface area (Å²) in [6.07, 6.45) is 8.88. The van der Waals surface area contributed by atoms with E-state index in [1.807, 2.05) is 36.5 Å². The van der Waals surface area contributed by atoms with Crippen molar-refractivity contribution < 1.29 is 4.39 Å². The van der Waals surface area contributed by atoms with Crippen LogP contribution in [0.4, 0.5) is 4.39 Å². The predicted molar refractivity (Wildman–Crippen MR) is 121 cm³/mol. The Hall–Kier alpha value is -3.65. The van der Waals surface area contributed by atoms with Crippen LogP contribution in [0.15, 0.2) is 48.9 Å². The fourth-order valence-corrected chi connectivity index (χ4v) is 4.49. The van der Waals surface area contributed by atoms with Crippen molar-refractivity contribution in [3.63, 3.8) is 0 Å². The largest absolute Gasteiger partial charge is 0.337 e. The number of aromatic nitrogens is 6. The number of rotatable bonds is 4. The van der Waals surface area contributed by atoms with E-state index in [2.05, 4.69) is 35.0 Å². The van der Waals surface area contributed by atoms with E-state index in [9.17, 15) is 0 Å². The number of nitrogens with zero attached hydrogens (tertiary/aromatic N) is 5. The number of H-pyrrole nitrogens is 2. The van der Waals surface area contributed by atoms with Gasteiger partial charge >= 0.3 is 0 Å². The second kappa shape index (κ2) is 7.80. The highest BCUT2D eigenvalue weighted by molar-refractivity contribution is 5.95. The van der Waals surface area contributed by atoms with Gasteiger partial charge in [0.15, 0.2) is 11.6 Å². The SMILES string of the molecule is Fc1c(-c2cncc(CN3CCCCC3)c2)ncc2[nH]nc(-c3nc4ccccc4[nH]3)c12. The van der Waals surface area contributed by atoms with E-state index in [0.717, 1.165) is 36.2 Å². The van der Waals surface area contributed by atoms with Gasteiger partial charge in [0.25, 0.3) is 0 Å². The maximum atomic E-state index is 15.8. The molecule has 0 radical (unpaired) electrons. The molecule has 32 heavy (non-hydrogen) atoms. The summed E-state index contributed by atoms with van der Waals surface area (Å²) in [4.78, 5) is 19.0. The van der Waals surface area contributed by atoms with Crippen molar-refractivity contribution >= 4 is 21.9 Å². The van der Waals surface area contributed by atoms with Crippen molar-refractivity contribution in [3.8, 4) is 22.8 Å². The third-order valence-electron chi connectivity index (χ3n) is 6.08. The zero-order valence-corrected chi connectivity index (χ0v) is 17.5. The van der Waals surface area contributed by atoms with E-state index in [1.54, 1.807) is 12.4 Å². The number of hydrogen-bond donors (Lipinski definition) is 2. The van der Waals surface area contributed by atoms with Gasteiger partial charge in [0.2, 0.25) is 0 Å². The van der Waals surface area contributed by atoms with E-state index in [0.29, 0.717) is 28.0 Å². The lowest BCUT2D eigenvalue weighted by atomic mass is 10.1. The van der Waals surface area contributed by atoms with Gasteiger partial charge in [-0.2, -0.15) is 5.10 Å². The molecule has 160 valence electrons. The second-order valence-electron chi connectivity index (χ2n) is 8.30. The molecule has 1 aliphatic heterocycles. The van der Waals surface area contributed by atoms with Gasteiger partial charge in [0.1, 0.15) is 11.4 Å². The fraction of sp³-hybridized carbons (Fsp3) is 0.250. The summed E-state index contributed by atoms with van der Waals surface area (Å²) in [6, 6.07) is 9.68. The molecule has 4 aromatic heterocycles. The Bertz CT molecular complexity index is 1380. The monoisotopic (exact) mass is 427 g/mol. The van der Waals surface area contributed by atoms with E-state index in [4.69, 9.17) is 0 Å². The molecular weight excluding hydrogens is 405 g/mol. The maximum Gasteiger partial charge on any atom is 0.161 e. The summed E-state index contributed by atoms with van der Waals surface area (Å²) in [5.74, 6) is 0.0918. The minimum absolute atomic E-state index is 0.268. The van der Waals surface area contributed by atoms with Crippen molar-refractivity contribution in [2.75, 3.05) is 13.1 Å². The molecule has 0 aliphatic carbocycles. The fourth-order valence-electron chi connectivity index (χ4n) is 4.49. The molecule has 0 spiro atoms. The van der Waals surface area contributed by atoms with Crippen molar-refractivity contribution in [3.05, 3.63) is 60.3 Å². The van der Waals surface area contributed by atoms with Crippen LogP contribution in [0.5, 0.6) is 0 Å². The highest BCUT2D eigenvalue weighted by Gasteiger charge is 2.21. The quantitative estimate of drug-likeness (QED) is 0.435. The Kier molecular flexibility index (Phi) is 4.65. The number of fused-ring (bicyclic) bond motifs is 2. The molecular formula is C24H22FN7. The van der Waals surface area contributed by atoms with E-state index < -0.39 is 5.82 Å².